The second-order valence-corrected chi connectivity index (χ2v) is 12.6. The zero-order chi connectivity index (χ0) is 30.0. The van der Waals surface area contributed by atoms with E-state index in [1.165, 1.54) is 0 Å². The van der Waals surface area contributed by atoms with Crippen LogP contribution in [0.3, 0.4) is 0 Å². The number of oxazole rings is 1. The number of ether oxygens (including phenoxy) is 2. The summed E-state index contributed by atoms with van der Waals surface area (Å²) < 4.78 is 19.3. The van der Waals surface area contributed by atoms with E-state index >= 15 is 0 Å². The fourth-order valence-corrected chi connectivity index (χ4v) is 6.78. The van der Waals surface area contributed by atoms with Crippen LogP contribution in [-0.2, 0) is 26.2 Å². The molecule has 224 valence electrons. The Bertz CT molecular complexity index is 1640. The van der Waals surface area contributed by atoms with Crippen molar-refractivity contribution < 1.29 is 28.6 Å². The fraction of sp³-hybridized carbons (Fsp3) is 0.455. The van der Waals surface area contributed by atoms with Crippen LogP contribution in [0.25, 0.3) is 0 Å². The molecule has 43 heavy (non-hydrogen) atoms. The van der Waals surface area contributed by atoms with Crippen molar-refractivity contribution >= 4 is 23.3 Å². The maximum atomic E-state index is 13.9. The molecule has 3 aromatic rings. The summed E-state index contributed by atoms with van der Waals surface area (Å²) in [6.07, 6.45) is -1.44. The number of amides is 1. The Kier molecular flexibility index (Phi) is 6.57. The van der Waals surface area contributed by atoms with Crippen LogP contribution in [0.15, 0.2) is 51.9 Å². The molecule has 1 spiro atoms. The second kappa shape index (κ2) is 10.2. The van der Waals surface area contributed by atoms with E-state index < -0.39 is 29.7 Å². The number of nitrogens with one attached hydrogen (secondary N) is 2. The Labute approximate surface area is 249 Å². The summed E-state index contributed by atoms with van der Waals surface area (Å²) in [7, 11) is 0. The van der Waals surface area contributed by atoms with Gasteiger partial charge in [-0.1, -0.05) is 58.0 Å². The van der Waals surface area contributed by atoms with Gasteiger partial charge in [0.15, 0.2) is 23.5 Å². The molecule has 0 aliphatic carbocycles. The molecule has 10 nitrogen and oxygen atoms in total. The molecule has 2 aromatic carbocycles. The highest BCUT2D eigenvalue weighted by Gasteiger charge is 2.61. The molecule has 0 saturated carbocycles. The minimum Gasteiger partial charge on any atom is -0.474 e. The summed E-state index contributed by atoms with van der Waals surface area (Å²) in [6, 6.07) is 13.4. The van der Waals surface area contributed by atoms with Crippen molar-refractivity contribution in [2.75, 3.05) is 18.5 Å². The van der Waals surface area contributed by atoms with Crippen molar-refractivity contribution in [2.24, 2.45) is 22.7 Å². The maximum absolute atomic E-state index is 13.9. The Hall–Kier alpha value is -4.18. The van der Waals surface area contributed by atoms with Gasteiger partial charge in [0.2, 0.25) is 17.7 Å². The molecule has 4 bridgehead atoms. The van der Waals surface area contributed by atoms with Crippen molar-refractivity contribution in [3.8, 4) is 5.75 Å². The lowest BCUT2D eigenvalue weighted by atomic mass is 9.72. The quantitative estimate of drug-likeness (QED) is 0.397. The first-order chi connectivity index (χ1) is 20.7. The number of aliphatic hydroxyl groups is 1. The van der Waals surface area contributed by atoms with Crippen molar-refractivity contribution in [3.63, 3.8) is 0 Å². The van der Waals surface area contributed by atoms with Crippen molar-refractivity contribution in [3.05, 3.63) is 76.5 Å². The molecule has 0 saturated heterocycles. The first kappa shape index (κ1) is 27.6. The van der Waals surface area contributed by atoms with Crippen LogP contribution in [-0.4, -0.2) is 53.2 Å². The van der Waals surface area contributed by atoms with Gasteiger partial charge < -0.3 is 29.6 Å². The smallest absolute Gasteiger partial charge is 0.239 e. The lowest BCUT2D eigenvalue weighted by molar-refractivity contribution is -0.135. The van der Waals surface area contributed by atoms with Crippen molar-refractivity contribution in [1.82, 2.24) is 10.3 Å². The van der Waals surface area contributed by atoms with E-state index in [9.17, 15) is 14.7 Å². The molecule has 0 fully saturated rings. The van der Waals surface area contributed by atoms with Crippen LogP contribution in [0.4, 0.5) is 5.69 Å². The van der Waals surface area contributed by atoms with E-state index in [4.69, 9.17) is 18.9 Å². The van der Waals surface area contributed by atoms with Gasteiger partial charge in [0, 0.05) is 23.6 Å². The maximum Gasteiger partial charge on any atom is 0.239 e. The Balaban J connectivity index is 1.46. The number of hydrogen-bond donors (Lipinski definition) is 3. The minimum atomic E-state index is -1.14. The average Bonchev–Trinajstić information content (AvgIpc) is 3.76. The molecule has 0 radical (unpaired) electrons. The summed E-state index contributed by atoms with van der Waals surface area (Å²) in [4.78, 5) is 36.6. The number of carbonyl (C=O) groups excluding carboxylic acids is 2. The lowest BCUT2D eigenvalue weighted by Gasteiger charge is -2.28. The largest absolute Gasteiger partial charge is 0.474 e. The first-order valence-corrected chi connectivity index (χ1v) is 15.0. The summed E-state index contributed by atoms with van der Waals surface area (Å²) in [5, 5.41) is 17.2. The highest BCUT2D eigenvalue weighted by atomic mass is 16.5. The number of hydrogen-bond acceptors (Lipinski definition) is 9. The molecule has 1 amide bonds. The van der Waals surface area contributed by atoms with E-state index in [0.29, 0.717) is 48.6 Å². The second-order valence-electron chi connectivity index (χ2n) is 12.6. The van der Waals surface area contributed by atoms with Crippen LogP contribution in [0, 0.1) is 17.8 Å². The SMILES string of the molecule is CC(C)[C@H](O)C(=O)C[C@H]1Cc2ccc3c(c2)C2(c4ccccc4N[C@H]2O3)c2oc(nc2C2=NCCO2)[C@H](C(C)C)NC1=O. The number of fused-ring (bicyclic) bond motifs is 4. The minimum absolute atomic E-state index is 0.0888. The van der Waals surface area contributed by atoms with Gasteiger partial charge in [-0.2, -0.15) is 0 Å². The Morgan fingerprint density at radius 3 is 2.67 bits per heavy atom. The van der Waals surface area contributed by atoms with Gasteiger partial charge in [-0.05, 0) is 41.5 Å². The molecule has 4 aliphatic rings. The van der Waals surface area contributed by atoms with Gasteiger partial charge in [0.25, 0.3) is 0 Å². The fourth-order valence-electron chi connectivity index (χ4n) is 6.78. The van der Waals surface area contributed by atoms with Crippen LogP contribution < -0.4 is 15.4 Å². The van der Waals surface area contributed by atoms with E-state index in [0.717, 1.165) is 22.4 Å². The molecule has 5 heterocycles. The van der Waals surface area contributed by atoms with Crippen LogP contribution >= 0.6 is 0 Å². The number of para-hydroxylation sites is 1. The molecule has 7 rings (SSSR count). The molecular weight excluding hydrogens is 548 g/mol. The van der Waals surface area contributed by atoms with E-state index in [1.54, 1.807) is 13.8 Å². The topological polar surface area (TPSA) is 135 Å². The summed E-state index contributed by atoms with van der Waals surface area (Å²) in [5.74, 6) is 0.284. The zero-order valence-electron chi connectivity index (χ0n) is 24.7. The number of rotatable bonds is 6. The molecular formula is C33H36N4O6. The van der Waals surface area contributed by atoms with Gasteiger partial charge in [0.1, 0.15) is 29.9 Å². The summed E-state index contributed by atoms with van der Waals surface area (Å²) in [5.41, 5.74) is 3.23. The molecule has 1 unspecified atom stereocenters. The molecule has 5 atom stereocenters. The number of anilines is 1. The third-order valence-corrected chi connectivity index (χ3v) is 9.03. The highest BCUT2D eigenvalue weighted by molar-refractivity contribution is 5.95. The molecule has 1 aromatic heterocycles. The molecule has 10 heteroatoms. The monoisotopic (exact) mass is 584 g/mol. The number of nitrogens with zero attached hydrogens (tertiary/aromatic N) is 2. The summed E-state index contributed by atoms with van der Waals surface area (Å²) >= 11 is 0. The number of benzene rings is 2. The normalized spacial score (nSPS) is 25.9. The Morgan fingerprint density at radius 2 is 1.93 bits per heavy atom. The van der Waals surface area contributed by atoms with Gasteiger partial charge in [0.05, 0.1) is 6.54 Å². The number of Topliss-reactive ketones (excluding diaryl/α,β-unsaturated/α-hetero) is 1. The van der Waals surface area contributed by atoms with Gasteiger partial charge in [-0.15, -0.1) is 0 Å². The first-order valence-electron chi connectivity index (χ1n) is 15.0. The number of aliphatic hydroxyl groups excluding tert-OH is 1. The lowest BCUT2D eigenvalue weighted by Crippen LogP contribution is -2.41. The van der Waals surface area contributed by atoms with Crippen molar-refractivity contribution in [1.29, 1.82) is 0 Å². The molecule has 3 N–H and O–H groups in total. The zero-order valence-corrected chi connectivity index (χ0v) is 24.7. The standard InChI is InChI=1S/C33H36N4O6/c1-16(2)25-31-37-26(30-34-11-12-41-30)28(43-31)33-20-7-5-6-8-22(20)35-32(33)42-24-10-9-18(14-21(24)33)13-19(29(40)36-25)15-23(38)27(39)17(3)4/h5-10,14,16-17,19,25,27,32,35,39H,11-13,15H2,1-4H3,(H,36,40)/t19-,25+,27+,32+,33?/m1/s1. The summed E-state index contributed by atoms with van der Waals surface area (Å²) in [6.45, 7) is 8.51. The highest BCUT2D eigenvalue weighted by Crippen LogP contribution is 2.58. The van der Waals surface area contributed by atoms with Crippen LogP contribution in [0.5, 0.6) is 5.75 Å². The number of aliphatic imine (C=N–C) groups is 1. The third kappa shape index (κ3) is 4.25. The van der Waals surface area contributed by atoms with Crippen LogP contribution in [0.2, 0.25) is 0 Å². The predicted octanol–water partition coefficient (Wildman–Crippen LogP) is 3.89. The van der Waals surface area contributed by atoms with Crippen LogP contribution in [0.1, 0.15) is 74.2 Å². The number of aromatic nitrogens is 1. The average molecular weight is 585 g/mol. The van der Waals surface area contributed by atoms with E-state index in [2.05, 4.69) is 21.7 Å². The van der Waals surface area contributed by atoms with Gasteiger partial charge in [-0.25, -0.2) is 9.98 Å². The van der Waals surface area contributed by atoms with Gasteiger partial charge >= 0.3 is 0 Å². The number of ketones is 1. The van der Waals surface area contributed by atoms with Crippen molar-refractivity contribution in [2.45, 2.75) is 64.3 Å². The predicted molar refractivity (Wildman–Crippen MR) is 158 cm³/mol. The third-order valence-electron chi connectivity index (χ3n) is 9.03. The van der Waals surface area contributed by atoms with E-state index in [-0.39, 0.29) is 29.9 Å². The molecule has 4 aliphatic heterocycles. The Morgan fingerprint density at radius 1 is 1.12 bits per heavy atom. The number of carbonyl (C=O) groups is 2. The van der Waals surface area contributed by atoms with Gasteiger partial charge in [-0.3, -0.25) is 9.59 Å². The van der Waals surface area contributed by atoms with E-state index in [1.807, 2.05) is 50.2 Å².